The van der Waals surface area contributed by atoms with Crippen LogP contribution in [-0.4, -0.2) is 16.8 Å². The summed E-state index contributed by atoms with van der Waals surface area (Å²) in [7, 11) is 1.99. The fourth-order valence-corrected chi connectivity index (χ4v) is 2.01. The quantitative estimate of drug-likeness (QED) is 0.825. The van der Waals surface area contributed by atoms with E-state index >= 15 is 0 Å². The van der Waals surface area contributed by atoms with Crippen LogP contribution in [0.5, 0.6) is 0 Å². The Hall–Kier alpha value is -0.830. The number of nitrogens with zero attached hydrogens (tertiary/aromatic N) is 2. The number of hydrogen-bond acceptors (Lipinski definition) is 2. The van der Waals surface area contributed by atoms with Crippen LogP contribution in [0.4, 0.5) is 0 Å². The Morgan fingerprint density at radius 2 is 1.87 bits per heavy atom. The molecule has 0 bridgehead atoms. The van der Waals surface area contributed by atoms with Crippen LogP contribution in [-0.2, 0) is 6.54 Å². The van der Waals surface area contributed by atoms with E-state index in [2.05, 4.69) is 49.7 Å². The molecule has 0 amide bonds. The summed E-state index contributed by atoms with van der Waals surface area (Å²) in [4.78, 5) is 0. The molecule has 1 rings (SSSR count). The molecule has 0 saturated carbocycles. The third-order valence-corrected chi connectivity index (χ3v) is 2.84. The standard InChI is InChI=1S/C12H23N3/c1-8(2)7-15-11(5)12(9(3)13-6)10(4)14-15/h8-9,13H,7H2,1-6H3. The lowest BCUT2D eigenvalue weighted by Crippen LogP contribution is -2.14. The Kier molecular flexibility index (Phi) is 3.91. The van der Waals surface area contributed by atoms with Crippen LogP contribution in [0.15, 0.2) is 0 Å². The highest BCUT2D eigenvalue weighted by Crippen LogP contribution is 2.21. The highest BCUT2D eigenvalue weighted by molar-refractivity contribution is 5.27. The number of aromatic nitrogens is 2. The van der Waals surface area contributed by atoms with Gasteiger partial charge in [-0.3, -0.25) is 4.68 Å². The maximum absolute atomic E-state index is 4.60. The zero-order valence-electron chi connectivity index (χ0n) is 10.8. The molecule has 1 atom stereocenters. The lowest BCUT2D eigenvalue weighted by atomic mass is 10.1. The molecule has 3 nitrogen and oxygen atoms in total. The summed E-state index contributed by atoms with van der Waals surface area (Å²) in [6.07, 6.45) is 0. The normalized spacial score (nSPS) is 13.5. The summed E-state index contributed by atoms with van der Waals surface area (Å²) in [5.74, 6) is 0.640. The van der Waals surface area contributed by atoms with E-state index in [0.717, 1.165) is 12.2 Å². The third-order valence-electron chi connectivity index (χ3n) is 2.84. The maximum Gasteiger partial charge on any atom is 0.0644 e. The second-order valence-corrected chi connectivity index (χ2v) is 4.67. The summed E-state index contributed by atoms with van der Waals surface area (Å²) in [6, 6.07) is 0.380. The molecule has 15 heavy (non-hydrogen) atoms. The number of nitrogens with one attached hydrogen (secondary N) is 1. The average molecular weight is 209 g/mol. The van der Waals surface area contributed by atoms with Crippen LogP contribution in [0.25, 0.3) is 0 Å². The van der Waals surface area contributed by atoms with Crippen LogP contribution < -0.4 is 5.32 Å². The fraction of sp³-hybridized carbons (Fsp3) is 0.750. The molecule has 86 valence electrons. The van der Waals surface area contributed by atoms with E-state index in [1.54, 1.807) is 0 Å². The third kappa shape index (κ3) is 2.59. The summed E-state index contributed by atoms with van der Waals surface area (Å²) >= 11 is 0. The molecule has 0 aliphatic carbocycles. The average Bonchev–Trinajstić information content (AvgIpc) is 2.40. The molecule has 0 fully saturated rings. The predicted octanol–water partition coefficient (Wildman–Crippen LogP) is 2.44. The van der Waals surface area contributed by atoms with Gasteiger partial charge in [0.2, 0.25) is 0 Å². The molecule has 1 N–H and O–H groups in total. The number of aryl methyl sites for hydroxylation is 1. The van der Waals surface area contributed by atoms with Gasteiger partial charge in [0, 0.05) is 23.8 Å². The van der Waals surface area contributed by atoms with Gasteiger partial charge in [-0.05, 0) is 33.7 Å². The minimum atomic E-state index is 0.380. The van der Waals surface area contributed by atoms with Gasteiger partial charge >= 0.3 is 0 Å². The first kappa shape index (κ1) is 12.2. The molecule has 0 aliphatic rings. The highest BCUT2D eigenvalue weighted by atomic mass is 15.3. The van der Waals surface area contributed by atoms with Gasteiger partial charge in [0.1, 0.15) is 0 Å². The smallest absolute Gasteiger partial charge is 0.0644 e. The van der Waals surface area contributed by atoms with E-state index in [-0.39, 0.29) is 0 Å². The molecule has 3 heteroatoms. The van der Waals surface area contributed by atoms with Crippen LogP contribution >= 0.6 is 0 Å². The Balaban J connectivity index is 3.03. The molecule has 1 unspecified atom stereocenters. The van der Waals surface area contributed by atoms with Crippen LogP contribution in [0.2, 0.25) is 0 Å². The summed E-state index contributed by atoms with van der Waals surface area (Å²) in [6.45, 7) is 11.9. The molecule has 0 saturated heterocycles. The molecule has 0 aliphatic heterocycles. The van der Waals surface area contributed by atoms with Crippen molar-refractivity contribution >= 4 is 0 Å². The van der Waals surface area contributed by atoms with Crippen molar-refractivity contribution in [3.8, 4) is 0 Å². The van der Waals surface area contributed by atoms with Crippen molar-refractivity contribution in [2.45, 2.75) is 47.2 Å². The van der Waals surface area contributed by atoms with Crippen molar-refractivity contribution in [1.82, 2.24) is 15.1 Å². The van der Waals surface area contributed by atoms with Gasteiger partial charge in [0.25, 0.3) is 0 Å². The molecule has 0 radical (unpaired) electrons. The first-order valence-electron chi connectivity index (χ1n) is 5.68. The zero-order chi connectivity index (χ0) is 11.6. The minimum Gasteiger partial charge on any atom is -0.313 e. The van der Waals surface area contributed by atoms with Gasteiger partial charge < -0.3 is 5.32 Å². The van der Waals surface area contributed by atoms with E-state index in [1.165, 1.54) is 11.3 Å². The van der Waals surface area contributed by atoms with E-state index in [1.807, 2.05) is 7.05 Å². The lowest BCUT2D eigenvalue weighted by molar-refractivity contribution is 0.471. The first-order chi connectivity index (χ1) is 6.97. The van der Waals surface area contributed by atoms with Crippen molar-refractivity contribution in [1.29, 1.82) is 0 Å². The SMILES string of the molecule is CNC(C)c1c(C)nn(CC(C)C)c1C. The molecule has 1 heterocycles. The molecule has 1 aromatic rings. The van der Waals surface area contributed by atoms with Crippen molar-refractivity contribution in [3.05, 3.63) is 17.0 Å². The van der Waals surface area contributed by atoms with E-state index in [4.69, 9.17) is 0 Å². The fourth-order valence-electron chi connectivity index (χ4n) is 2.01. The Bertz CT molecular complexity index is 326. The Morgan fingerprint density at radius 3 is 2.33 bits per heavy atom. The molecular weight excluding hydrogens is 186 g/mol. The monoisotopic (exact) mass is 209 g/mol. The predicted molar refractivity (Wildman–Crippen MR) is 64.0 cm³/mol. The molecular formula is C12H23N3. The first-order valence-corrected chi connectivity index (χ1v) is 5.68. The topological polar surface area (TPSA) is 29.9 Å². The van der Waals surface area contributed by atoms with Gasteiger partial charge in [-0.15, -0.1) is 0 Å². The van der Waals surface area contributed by atoms with Crippen molar-refractivity contribution in [2.75, 3.05) is 7.05 Å². The van der Waals surface area contributed by atoms with Crippen LogP contribution in [0, 0.1) is 19.8 Å². The van der Waals surface area contributed by atoms with Gasteiger partial charge in [-0.2, -0.15) is 5.10 Å². The second-order valence-electron chi connectivity index (χ2n) is 4.67. The van der Waals surface area contributed by atoms with Crippen molar-refractivity contribution < 1.29 is 0 Å². The summed E-state index contributed by atoms with van der Waals surface area (Å²) in [5.41, 5.74) is 3.79. The van der Waals surface area contributed by atoms with Gasteiger partial charge in [-0.25, -0.2) is 0 Å². The largest absolute Gasteiger partial charge is 0.313 e. The maximum atomic E-state index is 4.60. The van der Waals surface area contributed by atoms with Crippen LogP contribution in [0.3, 0.4) is 0 Å². The van der Waals surface area contributed by atoms with Crippen molar-refractivity contribution in [2.24, 2.45) is 5.92 Å². The summed E-state index contributed by atoms with van der Waals surface area (Å²) < 4.78 is 2.13. The lowest BCUT2D eigenvalue weighted by Gasteiger charge is -2.12. The molecule has 0 aromatic carbocycles. The molecule has 1 aromatic heterocycles. The second kappa shape index (κ2) is 4.79. The number of hydrogen-bond donors (Lipinski definition) is 1. The summed E-state index contributed by atoms with van der Waals surface area (Å²) in [5, 5.41) is 7.87. The van der Waals surface area contributed by atoms with E-state index in [0.29, 0.717) is 12.0 Å². The van der Waals surface area contributed by atoms with Crippen LogP contribution in [0.1, 0.15) is 43.8 Å². The zero-order valence-corrected chi connectivity index (χ0v) is 10.8. The minimum absolute atomic E-state index is 0.380. The highest BCUT2D eigenvalue weighted by Gasteiger charge is 2.16. The number of rotatable bonds is 4. The van der Waals surface area contributed by atoms with Gasteiger partial charge in [0.15, 0.2) is 0 Å². The van der Waals surface area contributed by atoms with Crippen molar-refractivity contribution in [3.63, 3.8) is 0 Å². The Labute approximate surface area is 92.9 Å². The van der Waals surface area contributed by atoms with Gasteiger partial charge in [-0.1, -0.05) is 13.8 Å². The Morgan fingerprint density at radius 1 is 1.27 bits per heavy atom. The van der Waals surface area contributed by atoms with Gasteiger partial charge in [0.05, 0.1) is 5.69 Å². The molecule has 0 spiro atoms. The van der Waals surface area contributed by atoms with E-state index < -0.39 is 0 Å². The van der Waals surface area contributed by atoms with E-state index in [9.17, 15) is 0 Å².